The molecule has 5 heteroatoms. The molecule has 2 aromatic rings. The van der Waals surface area contributed by atoms with Gasteiger partial charge in [-0.2, -0.15) is 0 Å². The summed E-state index contributed by atoms with van der Waals surface area (Å²) in [6.45, 7) is 3.93. The summed E-state index contributed by atoms with van der Waals surface area (Å²) in [4.78, 5) is 6.44. The first-order valence-electron chi connectivity index (χ1n) is 7.39. The fraction of sp³-hybridized carbons (Fsp3) is 0.438. The Morgan fingerprint density at radius 2 is 2.14 bits per heavy atom. The summed E-state index contributed by atoms with van der Waals surface area (Å²) in [5, 5.41) is 3.50. The summed E-state index contributed by atoms with van der Waals surface area (Å²) in [6.07, 6.45) is 4.89. The molecule has 0 radical (unpaired) electrons. The number of nitrogens with zero attached hydrogens (tertiary/aromatic N) is 3. The van der Waals surface area contributed by atoms with Gasteiger partial charge in [-0.05, 0) is 36.6 Å². The van der Waals surface area contributed by atoms with E-state index in [1.54, 1.807) is 0 Å². The molecule has 0 unspecified atom stereocenters. The van der Waals surface area contributed by atoms with Gasteiger partial charge in [0.2, 0.25) is 0 Å². The van der Waals surface area contributed by atoms with E-state index < -0.39 is 0 Å². The molecule has 21 heavy (non-hydrogen) atoms. The Hall–Kier alpha value is -1.88. The zero-order valence-corrected chi connectivity index (χ0v) is 12.3. The van der Waals surface area contributed by atoms with Gasteiger partial charge < -0.3 is 14.8 Å². The Morgan fingerprint density at radius 3 is 2.86 bits per heavy atom. The number of anilines is 1. The Morgan fingerprint density at radius 1 is 1.33 bits per heavy atom. The first-order chi connectivity index (χ1) is 10.2. The molecule has 4 nitrogen and oxygen atoms in total. The van der Waals surface area contributed by atoms with Crippen molar-refractivity contribution in [3.05, 3.63) is 48.3 Å². The van der Waals surface area contributed by atoms with Crippen LogP contribution >= 0.6 is 0 Å². The molecule has 0 saturated carbocycles. The van der Waals surface area contributed by atoms with Gasteiger partial charge in [0.1, 0.15) is 5.82 Å². The van der Waals surface area contributed by atoms with Crippen LogP contribution in [0.4, 0.5) is 10.1 Å². The van der Waals surface area contributed by atoms with E-state index >= 15 is 0 Å². The van der Waals surface area contributed by atoms with Crippen molar-refractivity contribution in [3.8, 4) is 0 Å². The van der Waals surface area contributed by atoms with E-state index in [0.29, 0.717) is 5.92 Å². The molecule has 0 amide bonds. The molecule has 1 atom stereocenters. The van der Waals surface area contributed by atoms with Crippen LogP contribution < -0.4 is 10.2 Å². The lowest BCUT2D eigenvalue weighted by molar-refractivity contribution is 0.510. The van der Waals surface area contributed by atoms with Gasteiger partial charge >= 0.3 is 0 Å². The summed E-state index contributed by atoms with van der Waals surface area (Å²) in [6, 6.07) is 6.79. The fourth-order valence-corrected chi connectivity index (χ4v) is 2.84. The van der Waals surface area contributed by atoms with Crippen LogP contribution in [0.25, 0.3) is 0 Å². The summed E-state index contributed by atoms with van der Waals surface area (Å²) < 4.78 is 15.0. The molecule has 2 heterocycles. The number of imidazole rings is 1. The van der Waals surface area contributed by atoms with Gasteiger partial charge in [-0.1, -0.05) is 0 Å². The van der Waals surface area contributed by atoms with E-state index in [0.717, 1.165) is 31.9 Å². The monoisotopic (exact) mass is 288 g/mol. The average molecular weight is 288 g/mol. The third-order valence-corrected chi connectivity index (χ3v) is 4.13. The van der Waals surface area contributed by atoms with Crippen LogP contribution in [-0.4, -0.2) is 29.2 Å². The predicted octanol–water partition coefficient (Wildman–Crippen LogP) is 2.18. The largest absolute Gasteiger partial charge is 0.371 e. The maximum atomic E-state index is 12.9. The molecular formula is C16H21FN4. The number of aromatic nitrogens is 2. The summed E-state index contributed by atoms with van der Waals surface area (Å²) >= 11 is 0. The normalized spacial score (nSPS) is 18.4. The second kappa shape index (κ2) is 6.26. The lowest BCUT2D eigenvalue weighted by Crippen LogP contribution is -2.26. The van der Waals surface area contributed by atoms with Gasteiger partial charge in [-0.25, -0.2) is 9.37 Å². The minimum absolute atomic E-state index is 0.174. The van der Waals surface area contributed by atoms with Crippen molar-refractivity contribution >= 4 is 5.69 Å². The molecule has 3 rings (SSSR count). The highest BCUT2D eigenvalue weighted by molar-refractivity contribution is 5.47. The molecule has 1 fully saturated rings. The highest BCUT2D eigenvalue weighted by atomic mass is 19.1. The molecule has 1 saturated heterocycles. The first-order valence-corrected chi connectivity index (χ1v) is 7.39. The van der Waals surface area contributed by atoms with Crippen molar-refractivity contribution in [1.29, 1.82) is 0 Å². The van der Waals surface area contributed by atoms with Crippen molar-refractivity contribution in [2.75, 3.05) is 24.5 Å². The van der Waals surface area contributed by atoms with Crippen LogP contribution in [0.5, 0.6) is 0 Å². The molecular weight excluding hydrogens is 267 g/mol. The van der Waals surface area contributed by atoms with Crippen molar-refractivity contribution in [3.63, 3.8) is 0 Å². The highest BCUT2D eigenvalue weighted by Gasteiger charge is 2.22. The van der Waals surface area contributed by atoms with Crippen LogP contribution in [0.1, 0.15) is 12.1 Å². The number of halogens is 1. The SMILES string of the molecule is Cn1cncc1CNC[C@H]1CCN(c2ccc(F)cc2)C1. The first kappa shape index (κ1) is 14.1. The van der Waals surface area contributed by atoms with Gasteiger partial charge in [-0.15, -0.1) is 0 Å². The van der Waals surface area contributed by atoms with Gasteiger partial charge in [0.15, 0.2) is 0 Å². The van der Waals surface area contributed by atoms with Crippen LogP contribution in [0.3, 0.4) is 0 Å². The van der Waals surface area contributed by atoms with Crippen LogP contribution in [0, 0.1) is 11.7 Å². The van der Waals surface area contributed by atoms with Gasteiger partial charge in [-0.3, -0.25) is 0 Å². The predicted molar refractivity (Wildman–Crippen MR) is 81.6 cm³/mol. The maximum Gasteiger partial charge on any atom is 0.123 e. The molecule has 0 aliphatic carbocycles. The third kappa shape index (κ3) is 3.42. The number of benzene rings is 1. The lowest BCUT2D eigenvalue weighted by atomic mass is 10.1. The molecule has 1 aliphatic heterocycles. The smallest absolute Gasteiger partial charge is 0.123 e. The number of rotatable bonds is 5. The minimum atomic E-state index is -0.174. The van der Waals surface area contributed by atoms with Gasteiger partial charge in [0, 0.05) is 45.1 Å². The van der Waals surface area contributed by atoms with E-state index in [4.69, 9.17) is 0 Å². The second-order valence-corrected chi connectivity index (χ2v) is 5.70. The van der Waals surface area contributed by atoms with Crippen LogP contribution in [-0.2, 0) is 13.6 Å². The zero-order chi connectivity index (χ0) is 14.7. The van der Waals surface area contributed by atoms with E-state index in [9.17, 15) is 4.39 Å². The van der Waals surface area contributed by atoms with Crippen molar-refractivity contribution < 1.29 is 4.39 Å². The van der Waals surface area contributed by atoms with Gasteiger partial charge in [0.25, 0.3) is 0 Å². The summed E-state index contributed by atoms with van der Waals surface area (Å²) in [7, 11) is 2.01. The Labute approximate surface area is 124 Å². The zero-order valence-electron chi connectivity index (χ0n) is 12.3. The standard InChI is InChI=1S/C16H21FN4/c1-20-12-19-10-16(20)9-18-8-13-6-7-21(11-13)15-4-2-14(17)3-5-15/h2-5,10,12-13,18H,6-9,11H2,1H3/t13-/m1/s1. The van der Waals surface area contributed by atoms with Crippen LogP contribution in [0.2, 0.25) is 0 Å². The molecule has 1 aliphatic rings. The number of hydrogen-bond donors (Lipinski definition) is 1. The molecule has 112 valence electrons. The highest BCUT2D eigenvalue weighted by Crippen LogP contribution is 2.23. The topological polar surface area (TPSA) is 33.1 Å². The fourth-order valence-electron chi connectivity index (χ4n) is 2.84. The number of hydrogen-bond acceptors (Lipinski definition) is 3. The molecule has 1 aromatic carbocycles. The Balaban J connectivity index is 1.46. The van der Waals surface area contributed by atoms with E-state index in [-0.39, 0.29) is 5.82 Å². The van der Waals surface area contributed by atoms with E-state index in [2.05, 4.69) is 15.2 Å². The number of aryl methyl sites for hydroxylation is 1. The maximum absolute atomic E-state index is 12.9. The lowest BCUT2D eigenvalue weighted by Gasteiger charge is -2.18. The summed E-state index contributed by atoms with van der Waals surface area (Å²) in [5.41, 5.74) is 2.31. The minimum Gasteiger partial charge on any atom is -0.371 e. The number of nitrogens with one attached hydrogen (secondary N) is 1. The van der Waals surface area contributed by atoms with E-state index in [1.165, 1.54) is 24.2 Å². The Bertz CT molecular complexity index is 578. The second-order valence-electron chi connectivity index (χ2n) is 5.70. The quantitative estimate of drug-likeness (QED) is 0.915. The summed E-state index contributed by atoms with van der Waals surface area (Å²) in [5.74, 6) is 0.468. The van der Waals surface area contributed by atoms with Crippen molar-refractivity contribution in [2.45, 2.75) is 13.0 Å². The van der Waals surface area contributed by atoms with Gasteiger partial charge in [0.05, 0.1) is 12.0 Å². The molecule has 0 spiro atoms. The van der Waals surface area contributed by atoms with E-state index in [1.807, 2.05) is 36.3 Å². The van der Waals surface area contributed by atoms with Crippen molar-refractivity contribution in [2.24, 2.45) is 13.0 Å². The van der Waals surface area contributed by atoms with Crippen molar-refractivity contribution in [1.82, 2.24) is 14.9 Å². The molecule has 1 N–H and O–H groups in total. The molecule has 1 aromatic heterocycles. The third-order valence-electron chi connectivity index (χ3n) is 4.13. The molecule has 0 bridgehead atoms. The Kier molecular flexibility index (Phi) is 4.20. The van der Waals surface area contributed by atoms with Crippen LogP contribution in [0.15, 0.2) is 36.8 Å². The average Bonchev–Trinajstić information content (AvgIpc) is 3.10.